The molecule has 2 rings (SSSR count). The maximum absolute atomic E-state index is 6.64. The van der Waals surface area contributed by atoms with Crippen molar-refractivity contribution in [2.24, 2.45) is 0 Å². The van der Waals surface area contributed by atoms with Crippen molar-refractivity contribution in [3.63, 3.8) is 0 Å². The second-order valence-electron chi connectivity index (χ2n) is 5.08. The Morgan fingerprint density at radius 2 is 1.26 bits per heavy atom. The molecule has 0 spiro atoms. The van der Waals surface area contributed by atoms with Gasteiger partial charge in [0.25, 0.3) is 0 Å². The van der Waals surface area contributed by atoms with E-state index in [-0.39, 0.29) is 0 Å². The van der Waals surface area contributed by atoms with E-state index in [4.69, 9.17) is 4.12 Å². The third-order valence-corrected chi connectivity index (χ3v) is 10.4. The lowest BCUT2D eigenvalue weighted by Crippen LogP contribution is -2.61. The van der Waals surface area contributed by atoms with Crippen LogP contribution >= 0.6 is 0 Å². The first kappa shape index (κ1) is 14.2. The first-order chi connectivity index (χ1) is 9.19. The Labute approximate surface area is 119 Å². The van der Waals surface area contributed by atoms with Gasteiger partial charge in [0.15, 0.2) is 9.04 Å². The van der Waals surface area contributed by atoms with Gasteiger partial charge >= 0.3 is 0 Å². The third-order valence-electron chi connectivity index (χ3n) is 3.41. The summed E-state index contributed by atoms with van der Waals surface area (Å²) in [5.74, 6) is 0. The average Bonchev–Trinajstić information content (AvgIpc) is 2.46. The molecule has 0 saturated heterocycles. The van der Waals surface area contributed by atoms with Crippen LogP contribution in [0.3, 0.4) is 0 Å². The fraction of sp³-hybridized carbons (Fsp3) is 0.250. The molecule has 0 aliphatic rings. The van der Waals surface area contributed by atoms with Crippen LogP contribution in [0.25, 0.3) is 0 Å². The standard InChI is InChI=1S/C16H22OSi2/c1-4-19(17-18(2)3,15-11-7-5-8-12-15)16-13-9-6-10-14-16/h5-14,18H,4H2,1-3H3. The monoisotopic (exact) mass is 286 g/mol. The molecule has 0 amide bonds. The van der Waals surface area contributed by atoms with Crippen LogP contribution in [-0.4, -0.2) is 17.4 Å². The van der Waals surface area contributed by atoms with E-state index in [0.29, 0.717) is 0 Å². The highest BCUT2D eigenvalue weighted by Crippen LogP contribution is 2.14. The molecule has 0 unspecified atom stereocenters. The predicted molar refractivity (Wildman–Crippen MR) is 88.3 cm³/mol. The molecule has 0 N–H and O–H groups in total. The summed E-state index contributed by atoms with van der Waals surface area (Å²) in [7, 11) is -3.11. The Bertz CT molecular complexity index is 457. The zero-order chi connectivity index (χ0) is 13.7. The SMILES string of the molecule is CC[Si](O[SiH](C)C)(c1ccccc1)c1ccccc1. The van der Waals surface area contributed by atoms with Gasteiger partial charge in [0.1, 0.15) is 0 Å². The van der Waals surface area contributed by atoms with Crippen LogP contribution in [0, 0.1) is 0 Å². The summed E-state index contributed by atoms with van der Waals surface area (Å²) in [6.45, 7) is 6.80. The van der Waals surface area contributed by atoms with Gasteiger partial charge in [-0.15, -0.1) is 0 Å². The Hall–Kier alpha value is -1.17. The van der Waals surface area contributed by atoms with Crippen LogP contribution in [0.5, 0.6) is 0 Å². The summed E-state index contributed by atoms with van der Waals surface area (Å²) in [5, 5.41) is 2.79. The van der Waals surface area contributed by atoms with Gasteiger partial charge in [0.2, 0.25) is 8.32 Å². The molecule has 0 bridgehead atoms. The van der Waals surface area contributed by atoms with Crippen molar-refractivity contribution in [3.8, 4) is 0 Å². The number of rotatable bonds is 5. The molecular weight excluding hydrogens is 264 g/mol. The lowest BCUT2D eigenvalue weighted by atomic mass is 10.4. The summed E-state index contributed by atoms with van der Waals surface area (Å²) < 4.78 is 6.64. The fourth-order valence-corrected chi connectivity index (χ4v) is 10.2. The number of hydrogen-bond donors (Lipinski definition) is 0. The second-order valence-corrected chi connectivity index (χ2v) is 11.6. The molecule has 0 fully saturated rings. The van der Waals surface area contributed by atoms with Crippen LogP contribution in [0.1, 0.15) is 6.92 Å². The first-order valence-corrected chi connectivity index (χ1v) is 11.9. The lowest BCUT2D eigenvalue weighted by molar-refractivity contribution is 0.589. The van der Waals surface area contributed by atoms with Crippen LogP contribution in [-0.2, 0) is 4.12 Å². The zero-order valence-electron chi connectivity index (χ0n) is 12.0. The molecule has 100 valence electrons. The van der Waals surface area contributed by atoms with E-state index in [2.05, 4.69) is 80.7 Å². The minimum atomic E-state index is -2.02. The second kappa shape index (κ2) is 6.32. The maximum Gasteiger partial charge on any atom is 0.244 e. The van der Waals surface area contributed by atoms with Gasteiger partial charge in [-0.2, -0.15) is 0 Å². The Kier molecular flexibility index (Phi) is 4.74. The van der Waals surface area contributed by atoms with Gasteiger partial charge in [-0.3, -0.25) is 0 Å². The third kappa shape index (κ3) is 3.05. The minimum Gasteiger partial charge on any atom is -0.452 e. The molecular formula is C16H22OSi2. The van der Waals surface area contributed by atoms with Gasteiger partial charge < -0.3 is 4.12 Å². The smallest absolute Gasteiger partial charge is 0.244 e. The largest absolute Gasteiger partial charge is 0.452 e. The highest BCUT2D eigenvalue weighted by Gasteiger charge is 2.37. The van der Waals surface area contributed by atoms with Crippen molar-refractivity contribution in [2.45, 2.75) is 26.1 Å². The topological polar surface area (TPSA) is 9.23 Å². The van der Waals surface area contributed by atoms with Crippen LogP contribution in [0.15, 0.2) is 60.7 Å². The van der Waals surface area contributed by atoms with E-state index in [0.717, 1.165) is 6.04 Å². The molecule has 0 saturated carbocycles. The molecule has 3 heteroatoms. The summed E-state index contributed by atoms with van der Waals surface area (Å²) in [5.41, 5.74) is 0. The van der Waals surface area contributed by atoms with Crippen molar-refractivity contribution in [1.29, 1.82) is 0 Å². The van der Waals surface area contributed by atoms with E-state index >= 15 is 0 Å². The predicted octanol–water partition coefficient (Wildman–Crippen LogP) is 2.77. The molecule has 19 heavy (non-hydrogen) atoms. The van der Waals surface area contributed by atoms with E-state index in [1.807, 2.05) is 0 Å². The molecule has 0 aliphatic carbocycles. The van der Waals surface area contributed by atoms with Gasteiger partial charge in [-0.1, -0.05) is 67.6 Å². The van der Waals surface area contributed by atoms with Gasteiger partial charge in [-0.25, -0.2) is 0 Å². The highest BCUT2D eigenvalue weighted by atomic mass is 28.4. The Morgan fingerprint density at radius 1 is 0.842 bits per heavy atom. The maximum atomic E-state index is 6.64. The van der Waals surface area contributed by atoms with Crippen LogP contribution < -0.4 is 10.4 Å². The molecule has 0 radical (unpaired) electrons. The van der Waals surface area contributed by atoms with Crippen molar-refractivity contribution < 1.29 is 4.12 Å². The normalized spacial score (nSPS) is 11.8. The number of hydrogen-bond acceptors (Lipinski definition) is 1. The highest BCUT2D eigenvalue weighted by molar-refractivity contribution is 7.00. The summed E-state index contributed by atoms with van der Waals surface area (Å²) in [6, 6.07) is 22.7. The molecule has 0 atom stereocenters. The summed E-state index contributed by atoms with van der Waals surface area (Å²) >= 11 is 0. The Morgan fingerprint density at radius 3 is 1.58 bits per heavy atom. The van der Waals surface area contributed by atoms with Crippen LogP contribution in [0.2, 0.25) is 19.1 Å². The molecule has 2 aromatic rings. The van der Waals surface area contributed by atoms with Crippen molar-refractivity contribution in [1.82, 2.24) is 0 Å². The Balaban J connectivity index is 2.55. The van der Waals surface area contributed by atoms with Crippen molar-refractivity contribution in [3.05, 3.63) is 60.7 Å². The molecule has 0 aliphatic heterocycles. The van der Waals surface area contributed by atoms with Crippen molar-refractivity contribution >= 4 is 27.7 Å². The zero-order valence-corrected chi connectivity index (χ0v) is 14.1. The molecule has 2 aromatic carbocycles. The van der Waals surface area contributed by atoms with Crippen molar-refractivity contribution in [2.75, 3.05) is 0 Å². The van der Waals surface area contributed by atoms with Gasteiger partial charge in [0, 0.05) is 0 Å². The van der Waals surface area contributed by atoms with E-state index in [1.165, 1.54) is 10.4 Å². The fourth-order valence-electron chi connectivity index (χ4n) is 2.61. The summed E-state index contributed by atoms with van der Waals surface area (Å²) in [6.07, 6.45) is 0. The quantitative estimate of drug-likeness (QED) is 0.768. The molecule has 0 aromatic heterocycles. The molecule has 0 heterocycles. The van der Waals surface area contributed by atoms with E-state index in [9.17, 15) is 0 Å². The van der Waals surface area contributed by atoms with Crippen LogP contribution in [0.4, 0.5) is 0 Å². The minimum absolute atomic E-state index is 1.09. The van der Waals surface area contributed by atoms with Gasteiger partial charge in [-0.05, 0) is 29.5 Å². The average molecular weight is 287 g/mol. The number of benzene rings is 2. The first-order valence-electron chi connectivity index (χ1n) is 6.98. The summed E-state index contributed by atoms with van der Waals surface area (Å²) in [4.78, 5) is 0. The molecule has 1 nitrogen and oxygen atoms in total. The van der Waals surface area contributed by atoms with E-state index in [1.54, 1.807) is 0 Å². The lowest BCUT2D eigenvalue weighted by Gasteiger charge is -2.33. The van der Waals surface area contributed by atoms with Gasteiger partial charge in [0.05, 0.1) is 0 Å². The van der Waals surface area contributed by atoms with E-state index < -0.39 is 17.4 Å².